The molecule has 0 aromatic heterocycles. The van der Waals surface area contributed by atoms with Gasteiger partial charge < -0.3 is 10.2 Å². The van der Waals surface area contributed by atoms with Gasteiger partial charge in [-0.25, -0.2) is 13.1 Å². The van der Waals surface area contributed by atoms with Gasteiger partial charge in [0.2, 0.25) is 10.0 Å². The Morgan fingerprint density at radius 3 is 2.71 bits per heavy atom. The van der Waals surface area contributed by atoms with Gasteiger partial charge in [-0.15, -0.1) is 0 Å². The van der Waals surface area contributed by atoms with E-state index in [0.717, 1.165) is 38.3 Å². The van der Waals surface area contributed by atoms with Crippen LogP contribution >= 0.6 is 0 Å². The summed E-state index contributed by atoms with van der Waals surface area (Å²) in [5.41, 5.74) is 2.28. The minimum Gasteiger partial charge on any atom is -0.309 e. The number of sulfonamides is 1. The lowest BCUT2D eigenvalue weighted by molar-refractivity contribution is 0.313. The molecule has 0 saturated carbocycles. The first-order valence-corrected chi connectivity index (χ1v) is 9.10. The molecular weight excluding hydrogens is 286 g/mol. The average molecular weight is 309 g/mol. The van der Waals surface area contributed by atoms with Gasteiger partial charge >= 0.3 is 0 Å². The summed E-state index contributed by atoms with van der Waals surface area (Å²) < 4.78 is 27.7. The fourth-order valence-corrected chi connectivity index (χ4v) is 4.45. The van der Waals surface area contributed by atoms with Crippen molar-refractivity contribution in [3.05, 3.63) is 29.3 Å². The molecule has 1 unspecified atom stereocenters. The fourth-order valence-electron chi connectivity index (χ4n) is 3.16. The third-order valence-electron chi connectivity index (χ3n) is 4.21. The lowest BCUT2D eigenvalue weighted by atomic mass is 10.1. The van der Waals surface area contributed by atoms with E-state index in [0.29, 0.717) is 4.90 Å². The molecule has 1 aromatic carbocycles. The largest absolute Gasteiger partial charge is 0.309 e. The maximum absolute atomic E-state index is 12.5. The number of benzene rings is 1. The molecule has 3 rings (SSSR count). The maximum atomic E-state index is 12.5. The van der Waals surface area contributed by atoms with Crippen molar-refractivity contribution in [2.75, 3.05) is 19.6 Å². The molecule has 2 aliphatic heterocycles. The molecule has 21 heavy (non-hydrogen) atoms. The van der Waals surface area contributed by atoms with Gasteiger partial charge in [-0.1, -0.05) is 6.07 Å². The Kier molecular flexibility index (Phi) is 4.31. The van der Waals surface area contributed by atoms with Crippen LogP contribution in [0.25, 0.3) is 0 Å². The number of nitrogens with zero attached hydrogens (tertiary/aromatic N) is 1. The standard InChI is InChI=1S/C15H23N3O2S/c1-12(11-18-6-2-3-7-18)17-21(19,20)15-5-4-13-9-16-10-14(13)8-15/h4-5,8,12,16-17H,2-3,6-7,9-11H2,1H3. The van der Waals surface area contributed by atoms with Crippen LogP contribution in [0.5, 0.6) is 0 Å². The van der Waals surface area contributed by atoms with Crippen LogP contribution in [-0.2, 0) is 23.1 Å². The summed E-state index contributed by atoms with van der Waals surface area (Å²) in [6.45, 7) is 6.46. The minimum absolute atomic E-state index is 0.0699. The van der Waals surface area contributed by atoms with Crippen molar-refractivity contribution >= 4 is 10.0 Å². The van der Waals surface area contributed by atoms with Crippen LogP contribution in [0.4, 0.5) is 0 Å². The van der Waals surface area contributed by atoms with E-state index >= 15 is 0 Å². The number of fused-ring (bicyclic) bond motifs is 1. The first-order valence-electron chi connectivity index (χ1n) is 7.62. The van der Waals surface area contributed by atoms with Crippen molar-refractivity contribution in [1.29, 1.82) is 0 Å². The van der Waals surface area contributed by atoms with Gasteiger partial charge in [0.05, 0.1) is 4.90 Å². The molecule has 1 saturated heterocycles. The molecule has 0 aliphatic carbocycles. The highest BCUT2D eigenvalue weighted by Gasteiger charge is 2.22. The van der Waals surface area contributed by atoms with Crippen molar-refractivity contribution in [3.8, 4) is 0 Å². The summed E-state index contributed by atoms with van der Waals surface area (Å²) in [7, 11) is -3.43. The molecule has 1 atom stereocenters. The van der Waals surface area contributed by atoms with E-state index in [9.17, 15) is 8.42 Å². The quantitative estimate of drug-likeness (QED) is 0.853. The molecule has 1 aromatic rings. The van der Waals surface area contributed by atoms with Gasteiger partial charge in [0.1, 0.15) is 0 Å². The van der Waals surface area contributed by atoms with Crippen LogP contribution in [0.1, 0.15) is 30.9 Å². The zero-order chi connectivity index (χ0) is 14.9. The Labute approximate surface area is 126 Å². The van der Waals surface area contributed by atoms with E-state index in [1.807, 2.05) is 13.0 Å². The predicted octanol–water partition coefficient (Wildman–Crippen LogP) is 1.05. The van der Waals surface area contributed by atoms with Gasteiger partial charge in [-0.05, 0) is 56.1 Å². The lowest BCUT2D eigenvalue weighted by Gasteiger charge is -2.21. The average Bonchev–Trinajstić information content (AvgIpc) is 3.07. The van der Waals surface area contributed by atoms with Crippen molar-refractivity contribution in [2.24, 2.45) is 0 Å². The summed E-state index contributed by atoms with van der Waals surface area (Å²) in [6, 6.07) is 5.34. The molecule has 1 fully saturated rings. The minimum atomic E-state index is -3.43. The number of nitrogens with one attached hydrogen (secondary N) is 2. The summed E-state index contributed by atoms with van der Waals surface area (Å²) in [5.74, 6) is 0. The lowest BCUT2D eigenvalue weighted by Crippen LogP contribution is -2.41. The third-order valence-corrected chi connectivity index (χ3v) is 5.79. The third kappa shape index (κ3) is 3.45. The van der Waals surface area contributed by atoms with Crippen LogP contribution in [-0.4, -0.2) is 39.0 Å². The van der Waals surface area contributed by atoms with Crippen LogP contribution in [0.2, 0.25) is 0 Å². The second kappa shape index (κ2) is 6.04. The van der Waals surface area contributed by atoms with Gasteiger partial charge in [-0.2, -0.15) is 0 Å². The second-order valence-electron chi connectivity index (χ2n) is 6.06. The molecule has 116 valence electrons. The molecule has 2 heterocycles. The van der Waals surface area contributed by atoms with E-state index in [1.165, 1.54) is 18.4 Å². The molecule has 6 heteroatoms. The van der Waals surface area contributed by atoms with E-state index in [4.69, 9.17) is 0 Å². The zero-order valence-corrected chi connectivity index (χ0v) is 13.2. The molecular formula is C15H23N3O2S. The van der Waals surface area contributed by atoms with Crippen molar-refractivity contribution < 1.29 is 8.42 Å². The topological polar surface area (TPSA) is 61.4 Å². The fraction of sp³-hybridized carbons (Fsp3) is 0.600. The van der Waals surface area contributed by atoms with Crippen LogP contribution < -0.4 is 10.0 Å². The Bertz CT molecular complexity index is 609. The second-order valence-corrected chi connectivity index (χ2v) is 7.78. The maximum Gasteiger partial charge on any atom is 0.240 e. The summed E-state index contributed by atoms with van der Waals surface area (Å²) >= 11 is 0. The monoisotopic (exact) mass is 309 g/mol. The summed E-state index contributed by atoms with van der Waals surface area (Å²) in [4.78, 5) is 2.69. The highest BCUT2D eigenvalue weighted by molar-refractivity contribution is 7.89. The van der Waals surface area contributed by atoms with Crippen LogP contribution in [0.15, 0.2) is 23.1 Å². The van der Waals surface area contributed by atoms with E-state index in [1.54, 1.807) is 12.1 Å². The molecule has 2 aliphatic rings. The SMILES string of the molecule is CC(CN1CCCC1)NS(=O)(=O)c1ccc2c(c1)CNC2. The Balaban J connectivity index is 1.68. The number of hydrogen-bond acceptors (Lipinski definition) is 4. The summed E-state index contributed by atoms with van der Waals surface area (Å²) in [5, 5.41) is 3.23. The number of hydrogen-bond donors (Lipinski definition) is 2. The normalized spacial score (nSPS) is 20.6. The van der Waals surface area contributed by atoms with Gasteiger partial charge in [0, 0.05) is 25.7 Å². The highest BCUT2D eigenvalue weighted by Crippen LogP contribution is 2.20. The molecule has 5 nitrogen and oxygen atoms in total. The van der Waals surface area contributed by atoms with Gasteiger partial charge in [0.25, 0.3) is 0 Å². The Hall–Kier alpha value is -0.950. The first kappa shape index (κ1) is 15.0. The summed E-state index contributed by atoms with van der Waals surface area (Å²) in [6.07, 6.45) is 2.44. The van der Waals surface area contributed by atoms with E-state index < -0.39 is 10.0 Å². The van der Waals surface area contributed by atoms with E-state index in [-0.39, 0.29) is 6.04 Å². The van der Waals surface area contributed by atoms with E-state index in [2.05, 4.69) is 14.9 Å². The van der Waals surface area contributed by atoms with Crippen LogP contribution in [0, 0.1) is 0 Å². The smallest absolute Gasteiger partial charge is 0.240 e. The van der Waals surface area contributed by atoms with Crippen molar-refractivity contribution in [1.82, 2.24) is 14.9 Å². The van der Waals surface area contributed by atoms with Crippen molar-refractivity contribution in [2.45, 2.75) is 43.8 Å². The number of rotatable bonds is 5. The highest BCUT2D eigenvalue weighted by atomic mass is 32.2. The van der Waals surface area contributed by atoms with Crippen molar-refractivity contribution in [3.63, 3.8) is 0 Å². The Morgan fingerprint density at radius 1 is 1.24 bits per heavy atom. The number of likely N-dealkylation sites (tertiary alicyclic amines) is 1. The molecule has 2 N–H and O–H groups in total. The van der Waals surface area contributed by atoms with Crippen LogP contribution in [0.3, 0.4) is 0 Å². The Morgan fingerprint density at radius 2 is 1.95 bits per heavy atom. The van der Waals surface area contributed by atoms with Gasteiger partial charge in [0.15, 0.2) is 0 Å². The first-order chi connectivity index (χ1) is 10.0. The zero-order valence-electron chi connectivity index (χ0n) is 12.4. The molecule has 0 spiro atoms. The molecule has 0 radical (unpaired) electrons. The van der Waals surface area contributed by atoms with Gasteiger partial charge in [-0.3, -0.25) is 0 Å². The predicted molar refractivity (Wildman–Crippen MR) is 82.4 cm³/mol. The molecule has 0 bridgehead atoms. The molecule has 0 amide bonds.